The van der Waals surface area contributed by atoms with Gasteiger partial charge in [-0.25, -0.2) is 4.68 Å². The van der Waals surface area contributed by atoms with Crippen LogP contribution in [0.2, 0.25) is 0 Å². The first kappa shape index (κ1) is 21.5. The van der Waals surface area contributed by atoms with Gasteiger partial charge in [0, 0.05) is 11.6 Å². The summed E-state index contributed by atoms with van der Waals surface area (Å²) in [5.41, 5.74) is 15.4. The van der Waals surface area contributed by atoms with Gasteiger partial charge in [-0.1, -0.05) is 24.3 Å². The number of aryl methyl sites for hydroxylation is 1. The van der Waals surface area contributed by atoms with Gasteiger partial charge in [0.1, 0.15) is 17.3 Å². The van der Waals surface area contributed by atoms with E-state index in [1.165, 1.54) is 17.3 Å². The zero-order valence-corrected chi connectivity index (χ0v) is 17.4. The van der Waals surface area contributed by atoms with Crippen LogP contribution in [0.25, 0.3) is 16.9 Å². The van der Waals surface area contributed by atoms with E-state index in [9.17, 15) is 9.90 Å². The first-order valence-electron chi connectivity index (χ1n) is 10.1. The molecule has 0 aliphatic carbocycles. The minimum atomic E-state index is 0.123. The molecule has 2 aromatic carbocycles. The van der Waals surface area contributed by atoms with Crippen molar-refractivity contribution in [2.75, 3.05) is 25.9 Å². The Morgan fingerprint density at radius 3 is 2.60 bits per heavy atom. The number of aromatic nitrogens is 2. The molecule has 4 rings (SSSR count). The van der Waals surface area contributed by atoms with Crippen LogP contribution in [0.1, 0.15) is 40.2 Å². The molecule has 30 heavy (non-hydrogen) atoms. The number of nitrogens with zero attached hydrogens (tertiary/aromatic N) is 2. The lowest BCUT2D eigenvalue weighted by molar-refractivity contribution is 0.112. The Labute approximate surface area is 176 Å². The van der Waals surface area contributed by atoms with Gasteiger partial charge >= 0.3 is 0 Å². The summed E-state index contributed by atoms with van der Waals surface area (Å²) in [4.78, 5) is 11.8. The topological polar surface area (TPSA) is 119 Å². The number of aldehydes is 1. The number of benzene rings is 2. The lowest BCUT2D eigenvalue weighted by Gasteiger charge is -2.23. The first-order valence-corrected chi connectivity index (χ1v) is 10.1. The fourth-order valence-electron chi connectivity index (χ4n) is 3.88. The fourth-order valence-corrected chi connectivity index (χ4v) is 3.88. The van der Waals surface area contributed by atoms with Gasteiger partial charge in [0.25, 0.3) is 0 Å². The molecule has 158 valence electrons. The average molecular weight is 408 g/mol. The van der Waals surface area contributed by atoms with Crippen molar-refractivity contribution in [3.63, 3.8) is 0 Å². The van der Waals surface area contributed by atoms with E-state index >= 15 is 0 Å². The van der Waals surface area contributed by atoms with Crippen LogP contribution in [-0.4, -0.2) is 41.3 Å². The number of rotatable bonds is 4. The number of aromatic hydroxyl groups is 1. The van der Waals surface area contributed by atoms with E-state index in [1.807, 2.05) is 19.1 Å². The number of piperidine rings is 1. The lowest BCUT2D eigenvalue weighted by Crippen LogP contribution is -2.26. The third-order valence-corrected chi connectivity index (χ3v) is 5.47. The quantitative estimate of drug-likeness (QED) is 0.494. The Morgan fingerprint density at radius 1 is 1.17 bits per heavy atom. The Morgan fingerprint density at radius 2 is 1.90 bits per heavy atom. The average Bonchev–Trinajstić information content (AvgIpc) is 3.13. The molecule has 0 radical (unpaired) electrons. The second kappa shape index (κ2) is 9.56. The van der Waals surface area contributed by atoms with E-state index in [1.54, 1.807) is 18.2 Å². The number of hydrogen-bond donors (Lipinski definition) is 4. The number of nitrogen functional groups attached to an aromatic ring is 1. The Kier molecular flexibility index (Phi) is 6.87. The summed E-state index contributed by atoms with van der Waals surface area (Å²) in [5, 5.41) is 17.9. The second-order valence-electron chi connectivity index (χ2n) is 7.30. The van der Waals surface area contributed by atoms with Crippen molar-refractivity contribution in [3.8, 4) is 22.7 Å². The highest BCUT2D eigenvalue weighted by atomic mass is 16.3. The molecule has 0 saturated carbocycles. The Balaban J connectivity index is 0.00000124. The third kappa shape index (κ3) is 4.22. The summed E-state index contributed by atoms with van der Waals surface area (Å²) in [6, 6.07) is 13.2. The monoisotopic (exact) mass is 407 g/mol. The van der Waals surface area contributed by atoms with Crippen LogP contribution >= 0.6 is 0 Å². The number of anilines is 1. The number of hydrogen-bond acceptors (Lipinski definition) is 6. The molecule has 1 saturated heterocycles. The van der Waals surface area contributed by atoms with Gasteiger partial charge in [0.2, 0.25) is 0 Å². The molecule has 0 amide bonds. The molecule has 0 spiro atoms. The third-order valence-electron chi connectivity index (χ3n) is 5.47. The number of nitrogens with two attached hydrogens (primary N) is 2. The fraction of sp³-hybridized carbons (Fsp3) is 0.304. The van der Waals surface area contributed by atoms with Crippen molar-refractivity contribution < 1.29 is 9.90 Å². The molecule has 0 bridgehead atoms. The van der Waals surface area contributed by atoms with Crippen molar-refractivity contribution in [1.82, 2.24) is 15.1 Å². The van der Waals surface area contributed by atoms with Crippen LogP contribution in [-0.2, 0) is 0 Å². The predicted molar refractivity (Wildman–Crippen MR) is 120 cm³/mol. The van der Waals surface area contributed by atoms with Crippen LogP contribution < -0.4 is 16.8 Å². The second-order valence-corrected chi connectivity index (χ2v) is 7.30. The normalized spacial score (nSPS) is 14.1. The zero-order valence-electron chi connectivity index (χ0n) is 17.4. The summed E-state index contributed by atoms with van der Waals surface area (Å²) in [6.45, 7) is 3.95. The smallest absolute Gasteiger partial charge is 0.156 e. The van der Waals surface area contributed by atoms with Crippen LogP contribution in [0.4, 0.5) is 5.82 Å². The summed E-state index contributed by atoms with van der Waals surface area (Å²) in [5.74, 6) is 0.900. The highest BCUT2D eigenvalue weighted by molar-refractivity contribution is 5.92. The van der Waals surface area contributed by atoms with Crippen molar-refractivity contribution in [1.29, 1.82) is 0 Å². The summed E-state index contributed by atoms with van der Waals surface area (Å²) >= 11 is 0. The molecule has 1 aromatic heterocycles. The summed E-state index contributed by atoms with van der Waals surface area (Å²) < 4.78 is 1.53. The molecule has 2 heterocycles. The van der Waals surface area contributed by atoms with E-state index < -0.39 is 0 Å². The first-order chi connectivity index (χ1) is 14.6. The van der Waals surface area contributed by atoms with Gasteiger partial charge in [-0.3, -0.25) is 4.79 Å². The van der Waals surface area contributed by atoms with Gasteiger partial charge in [0.15, 0.2) is 6.29 Å². The van der Waals surface area contributed by atoms with Crippen molar-refractivity contribution in [2.45, 2.75) is 25.7 Å². The number of carbonyl (C=O) groups excluding carboxylic acids is 1. The maximum absolute atomic E-state index is 11.8. The molecular formula is C23H29N5O2. The number of phenols is 1. The van der Waals surface area contributed by atoms with Crippen LogP contribution in [0.5, 0.6) is 5.75 Å². The van der Waals surface area contributed by atoms with E-state index in [0.29, 0.717) is 22.9 Å². The molecule has 6 N–H and O–H groups in total. The highest BCUT2D eigenvalue weighted by Gasteiger charge is 2.21. The maximum atomic E-state index is 11.8. The van der Waals surface area contributed by atoms with Crippen molar-refractivity contribution in [2.24, 2.45) is 5.73 Å². The molecule has 1 aliphatic rings. The highest BCUT2D eigenvalue weighted by Crippen LogP contribution is 2.33. The summed E-state index contributed by atoms with van der Waals surface area (Å²) in [6.07, 6.45) is 2.95. The van der Waals surface area contributed by atoms with Gasteiger partial charge in [-0.15, -0.1) is 0 Å². The Bertz CT molecular complexity index is 1020. The molecule has 1 fully saturated rings. The van der Waals surface area contributed by atoms with Gasteiger partial charge in [-0.05, 0) is 69.1 Å². The van der Waals surface area contributed by atoms with E-state index in [0.717, 1.165) is 43.3 Å². The van der Waals surface area contributed by atoms with Crippen molar-refractivity contribution in [3.05, 3.63) is 59.2 Å². The molecule has 0 atom stereocenters. The molecule has 7 nitrogen and oxygen atoms in total. The molecule has 0 unspecified atom stereocenters. The SMILES string of the molecule is CN.Cc1ccc(O)cc1-n1nc(-c2cccc(C3CCNCC3)c2)c(C=O)c1N. The molecule has 3 aromatic rings. The standard InChI is InChI=1S/C22H24N4O2.CH5N/c1-14-5-6-18(28)12-20(14)26-22(23)19(13-27)21(25-26)17-4-2-3-16(11-17)15-7-9-24-10-8-15;1-2/h2-6,11-13,15,24,28H,7-10,23H2,1H3;2H2,1H3. The zero-order chi connectivity index (χ0) is 21.7. The van der Waals surface area contributed by atoms with Gasteiger partial charge in [-0.2, -0.15) is 5.10 Å². The number of phenolic OH excluding ortho intramolecular Hbond substituents is 1. The van der Waals surface area contributed by atoms with Gasteiger partial charge < -0.3 is 21.9 Å². The molecule has 1 aliphatic heterocycles. The minimum Gasteiger partial charge on any atom is -0.508 e. The van der Waals surface area contributed by atoms with Crippen LogP contribution in [0.15, 0.2) is 42.5 Å². The Hall–Kier alpha value is -3.16. The lowest BCUT2D eigenvalue weighted by atomic mass is 9.89. The molecule has 7 heteroatoms. The van der Waals surface area contributed by atoms with Gasteiger partial charge in [0.05, 0.1) is 11.3 Å². The number of nitrogens with one attached hydrogen (secondary N) is 1. The van der Waals surface area contributed by atoms with E-state index in [4.69, 9.17) is 5.73 Å². The van der Waals surface area contributed by atoms with E-state index in [-0.39, 0.29) is 11.6 Å². The number of carbonyl (C=O) groups is 1. The van der Waals surface area contributed by atoms with E-state index in [2.05, 4.69) is 28.3 Å². The maximum Gasteiger partial charge on any atom is 0.156 e. The van der Waals surface area contributed by atoms with Crippen molar-refractivity contribution >= 4 is 12.1 Å². The predicted octanol–water partition coefficient (Wildman–Crippen LogP) is 2.99. The minimum absolute atomic E-state index is 0.123. The summed E-state index contributed by atoms with van der Waals surface area (Å²) in [7, 11) is 1.50. The largest absolute Gasteiger partial charge is 0.508 e. The van der Waals surface area contributed by atoms with Crippen LogP contribution in [0, 0.1) is 6.92 Å². The molecular weight excluding hydrogens is 378 g/mol. The van der Waals surface area contributed by atoms with Crippen LogP contribution in [0.3, 0.4) is 0 Å².